The zero-order valence-corrected chi connectivity index (χ0v) is 11.3. The number of hydrogen-bond donors (Lipinski definition) is 1. The van der Waals surface area contributed by atoms with Crippen LogP contribution in [0.25, 0.3) is 0 Å². The lowest BCUT2D eigenvalue weighted by atomic mass is 10.1. The van der Waals surface area contributed by atoms with Crippen molar-refractivity contribution in [3.63, 3.8) is 0 Å². The predicted molar refractivity (Wildman–Crippen MR) is 66.6 cm³/mol. The zero-order valence-electron chi connectivity index (χ0n) is 10.5. The largest absolute Gasteiger partial charge is 0.328 e. The van der Waals surface area contributed by atoms with Gasteiger partial charge < -0.3 is 5.73 Å². The number of aromatic nitrogens is 4. The molecule has 0 amide bonds. The second-order valence-corrected chi connectivity index (χ2v) is 5.23. The highest BCUT2D eigenvalue weighted by molar-refractivity contribution is 7.99. The van der Waals surface area contributed by atoms with E-state index in [4.69, 9.17) is 5.73 Å². The quantitative estimate of drug-likeness (QED) is 0.922. The second-order valence-electron chi connectivity index (χ2n) is 4.26. The average Bonchev–Trinajstić information content (AvgIpc) is 2.68. The lowest BCUT2D eigenvalue weighted by Gasteiger charge is -2.09. The lowest BCUT2D eigenvalue weighted by Crippen LogP contribution is -2.18. The van der Waals surface area contributed by atoms with E-state index in [1.54, 1.807) is 14.0 Å². The molecule has 1 aromatic carbocycles. The summed E-state index contributed by atoms with van der Waals surface area (Å²) in [6.07, 6.45) is 0.421. The van der Waals surface area contributed by atoms with Crippen molar-refractivity contribution in [1.29, 1.82) is 0 Å². The molecule has 1 heterocycles. The van der Waals surface area contributed by atoms with E-state index in [0.29, 0.717) is 17.1 Å². The summed E-state index contributed by atoms with van der Waals surface area (Å²) >= 11 is 0.847. The fourth-order valence-corrected chi connectivity index (χ4v) is 2.34. The molecule has 1 atom stereocenters. The maximum Gasteiger partial charge on any atom is 0.214 e. The molecule has 0 aliphatic carbocycles. The molecule has 0 saturated carbocycles. The number of tetrazole rings is 1. The molecule has 1 unspecified atom stereocenters. The van der Waals surface area contributed by atoms with Crippen molar-refractivity contribution < 1.29 is 8.78 Å². The van der Waals surface area contributed by atoms with E-state index in [9.17, 15) is 8.78 Å². The highest BCUT2D eigenvalue weighted by atomic mass is 32.2. The Morgan fingerprint density at radius 2 is 2.00 bits per heavy atom. The Morgan fingerprint density at radius 3 is 2.47 bits per heavy atom. The summed E-state index contributed by atoms with van der Waals surface area (Å²) in [4.78, 5) is -0.119. The third kappa shape index (κ3) is 3.27. The van der Waals surface area contributed by atoms with Crippen molar-refractivity contribution in [3.8, 4) is 0 Å². The van der Waals surface area contributed by atoms with Gasteiger partial charge in [0.1, 0.15) is 11.6 Å². The van der Waals surface area contributed by atoms with Crippen molar-refractivity contribution in [2.24, 2.45) is 12.8 Å². The van der Waals surface area contributed by atoms with Crippen LogP contribution in [0.5, 0.6) is 0 Å². The maximum absolute atomic E-state index is 13.9. The summed E-state index contributed by atoms with van der Waals surface area (Å²) < 4.78 is 29.2. The Morgan fingerprint density at radius 1 is 1.37 bits per heavy atom. The third-order valence-electron chi connectivity index (χ3n) is 2.39. The van der Waals surface area contributed by atoms with Gasteiger partial charge >= 0.3 is 0 Å². The van der Waals surface area contributed by atoms with Gasteiger partial charge in [-0.2, -0.15) is 0 Å². The van der Waals surface area contributed by atoms with Gasteiger partial charge in [0.15, 0.2) is 0 Å². The number of nitrogens with zero attached hydrogens (tertiary/aromatic N) is 4. The highest BCUT2D eigenvalue weighted by Gasteiger charge is 2.16. The van der Waals surface area contributed by atoms with Crippen LogP contribution in [0.1, 0.15) is 12.5 Å². The summed E-state index contributed by atoms with van der Waals surface area (Å²) in [6.45, 7) is 1.78. The number of hydrogen-bond acceptors (Lipinski definition) is 5. The maximum atomic E-state index is 13.9. The summed E-state index contributed by atoms with van der Waals surface area (Å²) in [5, 5.41) is 11.0. The smallest absolute Gasteiger partial charge is 0.214 e. The fourth-order valence-electron chi connectivity index (χ4n) is 1.60. The van der Waals surface area contributed by atoms with Gasteiger partial charge in [0.05, 0.1) is 4.90 Å². The third-order valence-corrected chi connectivity index (χ3v) is 3.51. The molecule has 0 aliphatic heterocycles. The van der Waals surface area contributed by atoms with Crippen LogP contribution in [0.3, 0.4) is 0 Å². The number of halogens is 2. The van der Waals surface area contributed by atoms with Crippen LogP contribution in [0.2, 0.25) is 0 Å². The van der Waals surface area contributed by atoms with Gasteiger partial charge in [-0.1, -0.05) is 0 Å². The Labute approximate surface area is 113 Å². The van der Waals surface area contributed by atoms with Gasteiger partial charge in [0.2, 0.25) is 5.16 Å². The van der Waals surface area contributed by atoms with Crippen LogP contribution >= 0.6 is 11.8 Å². The molecule has 0 spiro atoms. The number of benzene rings is 1. The van der Waals surface area contributed by atoms with E-state index >= 15 is 0 Å². The van der Waals surface area contributed by atoms with Crippen LogP contribution < -0.4 is 5.73 Å². The minimum Gasteiger partial charge on any atom is -0.328 e. The molecular weight excluding hydrogens is 272 g/mol. The Hall–Kier alpha value is -1.54. The van der Waals surface area contributed by atoms with Crippen molar-refractivity contribution in [1.82, 2.24) is 20.2 Å². The highest BCUT2D eigenvalue weighted by Crippen LogP contribution is 2.31. The molecule has 0 fully saturated rings. The van der Waals surface area contributed by atoms with Crippen molar-refractivity contribution in [3.05, 3.63) is 29.3 Å². The summed E-state index contributed by atoms with van der Waals surface area (Å²) in [5.74, 6) is -1.27. The van der Waals surface area contributed by atoms with E-state index < -0.39 is 11.6 Å². The molecule has 0 bridgehead atoms. The molecule has 0 radical (unpaired) electrons. The molecular formula is C11H13F2N5S. The second kappa shape index (κ2) is 5.62. The Balaban J connectivity index is 2.29. The van der Waals surface area contributed by atoms with Crippen molar-refractivity contribution in [2.45, 2.75) is 29.4 Å². The first-order valence-corrected chi connectivity index (χ1v) is 6.42. The molecule has 0 aliphatic rings. The standard InChI is InChI=1S/C11H13F2N5S/c1-6(14)3-7-4-8(12)10(9(13)5-7)19-11-15-16-17-18(11)2/h4-6H,3,14H2,1-2H3. The SMILES string of the molecule is CC(N)Cc1cc(F)c(Sc2nnnn2C)c(F)c1. The Kier molecular flexibility index (Phi) is 4.11. The van der Waals surface area contributed by atoms with E-state index in [1.807, 2.05) is 0 Å². The first kappa shape index (κ1) is 13.9. The molecule has 19 heavy (non-hydrogen) atoms. The fraction of sp³-hybridized carbons (Fsp3) is 0.364. The van der Waals surface area contributed by atoms with Gasteiger partial charge in [-0.25, -0.2) is 13.5 Å². The van der Waals surface area contributed by atoms with Crippen LogP contribution in [-0.4, -0.2) is 26.2 Å². The van der Waals surface area contributed by atoms with Gasteiger partial charge in [-0.15, -0.1) is 5.10 Å². The number of rotatable bonds is 4. The van der Waals surface area contributed by atoms with Crippen molar-refractivity contribution >= 4 is 11.8 Å². The molecule has 1 aromatic heterocycles. The van der Waals surface area contributed by atoms with Gasteiger partial charge in [-0.3, -0.25) is 0 Å². The molecule has 5 nitrogen and oxygen atoms in total. The summed E-state index contributed by atoms with van der Waals surface area (Å²) in [7, 11) is 1.60. The predicted octanol–water partition coefficient (Wildman–Crippen LogP) is 1.53. The van der Waals surface area contributed by atoms with Crippen LogP contribution in [0.15, 0.2) is 22.2 Å². The van der Waals surface area contributed by atoms with E-state index in [-0.39, 0.29) is 10.9 Å². The van der Waals surface area contributed by atoms with E-state index in [0.717, 1.165) is 11.8 Å². The first-order chi connectivity index (χ1) is 8.97. The monoisotopic (exact) mass is 285 g/mol. The van der Waals surface area contributed by atoms with Crippen LogP contribution in [-0.2, 0) is 13.5 Å². The van der Waals surface area contributed by atoms with Crippen molar-refractivity contribution in [2.75, 3.05) is 0 Å². The van der Waals surface area contributed by atoms with Gasteiger partial charge in [0.25, 0.3) is 0 Å². The molecule has 102 valence electrons. The number of nitrogens with two attached hydrogens (primary N) is 1. The normalized spacial score (nSPS) is 12.7. The summed E-state index contributed by atoms with van der Waals surface area (Å²) in [6, 6.07) is 2.43. The summed E-state index contributed by atoms with van der Waals surface area (Å²) in [5.41, 5.74) is 6.15. The zero-order chi connectivity index (χ0) is 14.0. The first-order valence-electron chi connectivity index (χ1n) is 5.61. The Bertz CT molecular complexity index is 561. The molecule has 2 aromatic rings. The number of aryl methyl sites for hydroxylation is 1. The molecule has 2 N–H and O–H groups in total. The molecule has 2 rings (SSSR count). The van der Waals surface area contributed by atoms with Crippen LogP contribution in [0, 0.1) is 11.6 Å². The lowest BCUT2D eigenvalue weighted by molar-refractivity contribution is 0.534. The van der Waals surface area contributed by atoms with E-state index in [1.165, 1.54) is 16.8 Å². The van der Waals surface area contributed by atoms with Gasteiger partial charge in [0, 0.05) is 13.1 Å². The average molecular weight is 285 g/mol. The molecule has 0 saturated heterocycles. The van der Waals surface area contributed by atoms with Crippen LogP contribution in [0.4, 0.5) is 8.78 Å². The van der Waals surface area contributed by atoms with Gasteiger partial charge in [-0.05, 0) is 53.2 Å². The minimum absolute atomic E-state index is 0.119. The minimum atomic E-state index is -0.636. The van der Waals surface area contributed by atoms with E-state index in [2.05, 4.69) is 15.5 Å². The topological polar surface area (TPSA) is 69.6 Å². The molecule has 8 heteroatoms.